The summed E-state index contributed by atoms with van der Waals surface area (Å²) in [6.45, 7) is 2.70. The van der Waals surface area contributed by atoms with Gasteiger partial charge in [-0.3, -0.25) is 4.90 Å². The Labute approximate surface area is 117 Å². The molecular weight excluding hydrogens is 230 g/mol. The second-order valence-corrected chi connectivity index (χ2v) is 6.14. The molecule has 1 aromatic rings. The summed E-state index contributed by atoms with van der Waals surface area (Å²) >= 11 is 0. The van der Waals surface area contributed by atoms with E-state index in [1.54, 1.807) is 0 Å². The van der Waals surface area contributed by atoms with Gasteiger partial charge in [0.15, 0.2) is 0 Å². The number of nitrogens with zero attached hydrogens (tertiary/aromatic N) is 1. The first kappa shape index (κ1) is 12.9. The smallest absolute Gasteiger partial charge is 0.0130 e. The molecule has 1 saturated heterocycles. The standard InChI is InChI=1S/C18H25N/c1-2-7-16(8-3-1)9-5-12-18-13-6-14-19(18)15-17-10-4-11-17/h1-3,5,7-9,17-18H,4,6,10-15H2. The SMILES string of the molecule is C(=Cc1ccccc1)CC1CCCN1CC1CCC1. The highest BCUT2D eigenvalue weighted by molar-refractivity contribution is 5.48. The van der Waals surface area contributed by atoms with Gasteiger partial charge < -0.3 is 0 Å². The van der Waals surface area contributed by atoms with Crippen molar-refractivity contribution in [2.24, 2.45) is 5.92 Å². The first-order chi connectivity index (χ1) is 9.42. The molecule has 1 heteroatoms. The van der Waals surface area contributed by atoms with Gasteiger partial charge in [0.1, 0.15) is 0 Å². The van der Waals surface area contributed by atoms with Gasteiger partial charge in [-0.1, -0.05) is 48.9 Å². The van der Waals surface area contributed by atoms with Crippen molar-refractivity contribution in [2.45, 2.75) is 44.6 Å². The van der Waals surface area contributed by atoms with E-state index in [1.807, 2.05) is 0 Å². The summed E-state index contributed by atoms with van der Waals surface area (Å²) in [5.41, 5.74) is 1.33. The van der Waals surface area contributed by atoms with E-state index in [0.717, 1.165) is 12.0 Å². The van der Waals surface area contributed by atoms with Crippen LogP contribution in [0.2, 0.25) is 0 Å². The van der Waals surface area contributed by atoms with Crippen molar-refractivity contribution in [3.8, 4) is 0 Å². The normalized spacial score (nSPS) is 24.9. The third kappa shape index (κ3) is 3.48. The molecule has 2 aliphatic rings. The van der Waals surface area contributed by atoms with Gasteiger partial charge in [-0.2, -0.15) is 0 Å². The molecule has 0 spiro atoms. The topological polar surface area (TPSA) is 3.24 Å². The first-order valence-corrected chi connectivity index (χ1v) is 7.87. The van der Waals surface area contributed by atoms with E-state index in [9.17, 15) is 0 Å². The molecule has 1 aliphatic heterocycles. The van der Waals surface area contributed by atoms with Crippen LogP contribution in [-0.4, -0.2) is 24.0 Å². The van der Waals surface area contributed by atoms with Crippen molar-refractivity contribution in [3.63, 3.8) is 0 Å². The Hall–Kier alpha value is -1.08. The number of hydrogen-bond acceptors (Lipinski definition) is 1. The van der Waals surface area contributed by atoms with Crippen molar-refractivity contribution in [1.29, 1.82) is 0 Å². The van der Waals surface area contributed by atoms with E-state index in [0.29, 0.717) is 0 Å². The summed E-state index contributed by atoms with van der Waals surface area (Å²) in [5, 5.41) is 0. The predicted molar refractivity (Wildman–Crippen MR) is 82.0 cm³/mol. The summed E-state index contributed by atoms with van der Waals surface area (Å²) in [4.78, 5) is 2.75. The molecule has 2 fully saturated rings. The third-order valence-corrected chi connectivity index (χ3v) is 4.73. The lowest BCUT2D eigenvalue weighted by Crippen LogP contribution is -2.35. The van der Waals surface area contributed by atoms with Gasteiger partial charge in [0.2, 0.25) is 0 Å². The van der Waals surface area contributed by atoms with Crippen LogP contribution in [0.5, 0.6) is 0 Å². The fourth-order valence-electron chi connectivity index (χ4n) is 3.33. The monoisotopic (exact) mass is 255 g/mol. The minimum absolute atomic E-state index is 0.806. The van der Waals surface area contributed by atoms with Crippen LogP contribution in [0.4, 0.5) is 0 Å². The van der Waals surface area contributed by atoms with Gasteiger partial charge in [0.05, 0.1) is 0 Å². The largest absolute Gasteiger partial charge is 0.300 e. The van der Waals surface area contributed by atoms with Crippen molar-refractivity contribution in [1.82, 2.24) is 4.90 Å². The van der Waals surface area contributed by atoms with Crippen LogP contribution in [0.3, 0.4) is 0 Å². The van der Waals surface area contributed by atoms with Gasteiger partial charge in [-0.15, -0.1) is 0 Å². The summed E-state index contributed by atoms with van der Waals surface area (Å²) in [7, 11) is 0. The van der Waals surface area contributed by atoms with Crippen LogP contribution >= 0.6 is 0 Å². The molecule has 1 heterocycles. The molecule has 0 amide bonds. The molecule has 3 rings (SSSR count). The molecule has 1 unspecified atom stereocenters. The predicted octanol–water partition coefficient (Wildman–Crippen LogP) is 4.35. The second-order valence-electron chi connectivity index (χ2n) is 6.14. The lowest BCUT2D eigenvalue weighted by atomic mass is 9.85. The number of likely N-dealkylation sites (tertiary alicyclic amines) is 1. The van der Waals surface area contributed by atoms with Crippen LogP contribution < -0.4 is 0 Å². The van der Waals surface area contributed by atoms with Crippen molar-refractivity contribution < 1.29 is 0 Å². The Balaban J connectivity index is 1.49. The lowest BCUT2D eigenvalue weighted by molar-refractivity contribution is 0.167. The average Bonchev–Trinajstić information content (AvgIpc) is 2.83. The molecule has 1 aliphatic carbocycles. The van der Waals surface area contributed by atoms with E-state index in [4.69, 9.17) is 0 Å². The lowest BCUT2D eigenvalue weighted by Gasteiger charge is -2.33. The zero-order valence-electron chi connectivity index (χ0n) is 11.8. The highest BCUT2D eigenvalue weighted by Crippen LogP contribution is 2.30. The van der Waals surface area contributed by atoms with Crippen LogP contribution in [0, 0.1) is 5.92 Å². The molecule has 0 bridgehead atoms. The summed E-state index contributed by atoms with van der Waals surface area (Å²) in [5.74, 6) is 1.01. The van der Waals surface area contributed by atoms with Crippen LogP contribution in [-0.2, 0) is 0 Å². The van der Waals surface area contributed by atoms with Crippen LogP contribution in [0.1, 0.15) is 44.1 Å². The molecular formula is C18H25N. The highest BCUT2D eigenvalue weighted by atomic mass is 15.2. The molecule has 0 radical (unpaired) electrons. The van der Waals surface area contributed by atoms with E-state index >= 15 is 0 Å². The van der Waals surface area contributed by atoms with Gasteiger partial charge >= 0.3 is 0 Å². The summed E-state index contributed by atoms with van der Waals surface area (Å²) in [6, 6.07) is 11.5. The molecule has 1 saturated carbocycles. The minimum Gasteiger partial charge on any atom is -0.300 e. The van der Waals surface area contributed by atoms with Crippen molar-refractivity contribution >= 4 is 6.08 Å². The quantitative estimate of drug-likeness (QED) is 0.756. The fraction of sp³-hybridized carbons (Fsp3) is 0.556. The van der Waals surface area contributed by atoms with Gasteiger partial charge in [0, 0.05) is 12.6 Å². The van der Waals surface area contributed by atoms with E-state index in [-0.39, 0.29) is 0 Å². The Bertz CT molecular complexity index is 405. The zero-order valence-corrected chi connectivity index (χ0v) is 11.8. The minimum atomic E-state index is 0.806. The number of benzene rings is 1. The molecule has 1 nitrogen and oxygen atoms in total. The van der Waals surface area contributed by atoms with Crippen LogP contribution in [0.25, 0.3) is 6.08 Å². The molecule has 0 aromatic heterocycles. The Kier molecular flexibility index (Phi) is 4.34. The summed E-state index contributed by atoms with van der Waals surface area (Å²) in [6.07, 6.45) is 13.1. The van der Waals surface area contributed by atoms with Crippen LogP contribution in [0.15, 0.2) is 36.4 Å². The zero-order chi connectivity index (χ0) is 12.9. The average molecular weight is 255 g/mol. The van der Waals surface area contributed by atoms with E-state index in [1.165, 1.54) is 57.2 Å². The Morgan fingerprint density at radius 3 is 2.63 bits per heavy atom. The van der Waals surface area contributed by atoms with Gasteiger partial charge in [-0.25, -0.2) is 0 Å². The van der Waals surface area contributed by atoms with E-state index < -0.39 is 0 Å². The fourth-order valence-corrected chi connectivity index (χ4v) is 3.33. The molecule has 1 atom stereocenters. The maximum Gasteiger partial charge on any atom is 0.0130 e. The second kappa shape index (κ2) is 6.38. The van der Waals surface area contributed by atoms with E-state index in [2.05, 4.69) is 47.4 Å². The summed E-state index contributed by atoms with van der Waals surface area (Å²) < 4.78 is 0. The highest BCUT2D eigenvalue weighted by Gasteiger charge is 2.27. The Morgan fingerprint density at radius 1 is 1.05 bits per heavy atom. The van der Waals surface area contributed by atoms with Crippen molar-refractivity contribution in [2.75, 3.05) is 13.1 Å². The van der Waals surface area contributed by atoms with Gasteiger partial charge in [-0.05, 0) is 50.1 Å². The molecule has 102 valence electrons. The Morgan fingerprint density at radius 2 is 1.89 bits per heavy atom. The maximum absolute atomic E-state index is 2.75. The molecule has 1 aromatic carbocycles. The maximum atomic E-state index is 2.75. The van der Waals surface area contributed by atoms with Crippen molar-refractivity contribution in [3.05, 3.63) is 42.0 Å². The molecule has 0 N–H and O–H groups in total. The molecule has 19 heavy (non-hydrogen) atoms. The van der Waals surface area contributed by atoms with Gasteiger partial charge in [0.25, 0.3) is 0 Å². The number of rotatable bonds is 5. The number of hydrogen-bond donors (Lipinski definition) is 0. The first-order valence-electron chi connectivity index (χ1n) is 7.87. The third-order valence-electron chi connectivity index (χ3n) is 4.73.